The second-order valence-corrected chi connectivity index (χ2v) is 16.4. The lowest BCUT2D eigenvalue weighted by molar-refractivity contribution is -0.197. The van der Waals surface area contributed by atoms with Crippen molar-refractivity contribution < 1.29 is 23.4 Å². The number of methoxy groups -OCH3 is 1. The molecule has 184 valence electrons. The van der Waals surface area contributed by atoms with Crippen LogP contribution >= 0.6 is 0 Å². The smallest absolute Gasteiger partial charge is 0.305 e. The third-order valence-corrected chi connectivity index (χ3v) is 12.8. The molecular formula is C26H46O5Si. The summed E-state index contributed by atoms with van der Waals surface area (Å²) in [5.74, 6) is 1.54. The van der Waals surface area contributed by atoms with Crippen molar-refractivity contribution in [2.45, 2.75) is 109 Å². The number of rotatable bonds is 10. The Balaban J connectivity index is 1.60. The number of hydrogen-bond acceptors (Lipinski definition) is 5. The lowest BCUT2D eigenvalue weighted by atomic mass is 9.89. The van der Waals surface area contributed by atoms with E-state index < -0.39 is 8.32 Å². The number of fused-ring (bicyclic) bond motifs is 1. The van der Waals surface area contributed by atoms with Gasteiger partial charge in [-0.2, -0.15) is 0 Å². The normalized spacial score (nSPS) is 30.8. The Morgan fingerprint density at radius 1 is 1.22 bits per heavy atom. The van der Waals surface area contributed by atoms with E-state index in [0.29, 0.717) is 24.2 Å². The van der Waals surface area contributed by atoms with Gasteiger partial charge in [0.05, 0.1) is 13.2 Å². The Kier molecular flexibility index (Phi) is 9.04. The first kappa shape index (κ1) is 25.9. The number of unbranched alkanes of at least 4 members (excludes halogenated alkanes) is 1. The van der Waals surface area contributed by atoms with E-state index in [4.69, 9.17) is 18.6 Å². The van der Waals surface area contributed by atoms with Crippen molar-refractivity contribution >= 4 is 14.3 Å². The van der Waals surface area contributed by atoms with Crippen molar-refractivity contribution in [2.75, 3.05) is 20.3 Å². The highest BCUT2D eigenvalue weighted by molar-refractivity contribution is 6.74. The molecule has 5 nitrogen and oxygen atoms in total. The van der Waals surface area contributed by atoms with Gasteiger partial charge in [-0.3, -0.25) is 4.79 Å². The largest absolute Gasteiger partial charge is 0.469 e. The molecule has 0 amide bonds. The standard InChI is InChI=1S/C26H46O5Si/c1-26(2,3)32(5,6)30-18-22-21-16-19(11-7-8-12-24(27)28-4)15-20(21)17-23(22)31-25-13-9-10-14-29-25/h15,20-23,25H,7-14,16-18H2,1-6H3/t20-,21-,22+,23+,25?/m0/s1. The first-order valence-corrected chi connectivity index (χ1v) is 15.7. The van der Waals surface area contributed by atoms with Crippen LogP contribution in [0.5, 0.6) is 0 Å². The molecule has 0 aromatic carbocycles. The maximum absolute atomic E-state index is 11.4. The number of esters is 1. The summed E-state index contributed by atoms with van der Waals surface area (Å²) in [7, 11) is -0.339. The fourth-order valence-corrected chi connectivity index (χ4v) is 6.25. The van der Waals surface area contributed by atoms with E-state index in [1.54, 1.807) is 5.57 Å². The Morgan fingerprint density at radius 2 is 2.00 bits per heavy atom. The summed E-state index contributed by atoms with van der Waals surface area (Å²) in [6.45, 7) is 13.3. The highest BCUT2D eigenvalue weighted by Crippen LogP contribution is 2.50. The minimum Gasteiger partial charge on any atom is -0.469 e. The third kappa shape index (κ3) is 6.68. The van der Waals surface area contributed by atoms with Gasteiger partial charge in [-0.25, -0.2) is 0 Å². The summed E-state index contributed by atoms with van der Waals surface area (Å²) >= 11 is 0. The highest BCUT2D eigenvalue weighted by atomic mass is 28.4. The summed E-state index contributed by atoms with van der Waals surface area (Å²) in [6, 6.07) is 0. The van der Waals surface area contributed by atoms with Crippen molar-refractivity contribution in [1.82, 2.24) is 0 Å². The SMILES string of the molecule is COC(=O)CCCCC1=C[C@H]2C[C@@H](OC3CCCCO3)[C@H](CO[Si](C)(C)C(C)(C)C)[C@H]2C1. The van der Waals surface area contributed by atoms with Crippen LogP contribution in [0.15, 0.2) is 11.6 Å². The molecule has 6 heteroatoms. The van der Waals surface area contributed by atoms with Crippen LogP contribution < -0.4 is 0 Å². The zero-order valence-electron chi connectivity index (χ0n) is 21.3. The molecule has 1 heterocycles. The van der Waals surface area contributed by atoms with Crippen LogP contribution in [-0.2, 0) is 23.4 Å². The van der Waals surface area contributed by atoms with Crippen LogP contribution in [0.3, 0.4) is 0 Å². The van der Waals surface area contributed by atoms with E-state index in [1.165, 1.54) is 13.5 Å². The van der Waals surface area contributed by atoms with E-state index in [9.17, 15) is 4.79 Å². The molecule has 2 fully saturated rings. The second kappa shape index (κ2) is 11.2. The summed E-state index contributed by atoms with van der Waals surface area (Å²) in [6.07, 6.45) is 11.9. The van der Waals surface area contributed by atoms with Crippen LogP contribution in [0.1, 0.15) is 78.6 Å². The number of ether oxygens (including phenoxy) is 3. The lowest BCUT2D eigenvalue weighted by Gasteiger charge is -2.38. The molecule has 0 bridgehead atoms. The first-order chi connectivity index (χ1) is 15.1. The van der Waals surface area contributed by atoms with Gasteiger partial charge in [-0.15, -0.1) is 0 Å². The van der Waals surface area contributed by atoms with Crippen molar-refractivity contribution in [3.8, 4) is 0 Å². The van der Waals surface area contributed by atoms with Gasteiger partial charge in [0.2, 0.25) is 0 Å². The topological polar surface area (TPSA) is 54.0 Å². The number of carbonyl (C=O) groups is 1. The van der Waals surface area contributed by atoms with Gasteiger partial charge in [0.25, 0.3) is 0 Å². The quantitative estimate of drug-likeness (QED) is 0.165. The molecule has 0 radical (unpaired) electrons. The zero-order chi connectivity index (χ0) is 23.4. The molecule has 32 heavy (non-hydrogen) atoms. The molecule has 0 N–H and O–H groups in total. The van der Waals surface area contributed by atoms with Gasteiger partial charge in [-0.05, 0) is 81.3 Å². The molecule has 5 atom stereocenters. The molecule has 3 aliphatic rings. The average Bonchev–Trinajstić information content (AvgIpc) is 3.26. The minimum absolute atomic E-state index is 0.0373. The van der Waals surface area contributed by atoms with Crippen molar-refractivity contribution in [1.29, 1.82) is 0 Å². The van der Waals surface area contributed by atoms with Gasteiger partial charge < -0.3 is 18.6 Å². The molecule has 1 saturated carbocycles. The molecule has 3 rings (SSSR count). The average molecular weight is 467 g/mol. The van der Waals surface area contributed by atoms with Gasteiger partial charge in [-0.1, -0.05) is 32.4 Å². The predicted molar refractivity (Wildman–Crippen MR) is 130 cm³/mol. The van der Waals surface area contributed by atoms with E-state index in [-0.39, 0.29) is 23.4 Å². The van der Waals surface area contributed by atoms with Crippen LogP contribution in [0.25, 0.3) is 0 Å². The molecule has 0 spiro atoms. The molecule has 1 saturated heterocycles. The van der Waals surface area contributed by atoms with Crippen LogP contribution in [-0.4, -0.2) is 47.0 Å². The molecule has 1 unspecified atom stereocenters. The van der Waals surface area contributed by atoms with E-state index in [0.717, 1.165) is 58.2 Å². The van der Waals surface area contributed by atoms with Gasteiger partial charge >= 0.3 is 5.97 Å². The molecule has 1 aliphatic heterocycles. The maximum atomic E-state index is 11.4. The zero-order valence-corrected chi connectivity index (χ0v) is 22.3. The number of hydrogen-bond donors (Lipinski definition) is 0. The summed E-state index contributed by atoms with van der Waals surface area (Å²) in [4.78, 5) is 11.4. The van der Waals surface area contributed by atoms with E-state index in [1.807, 2.05) is 0 Å². The lowest BCUT2D eigenvalue weighted by Crippen LogP contribution is -2.44. The summed E-state index contributed by atoms with van der Waals surface area (Å²) in [5.41, 5.74) is 1.56. The predicted octanol–water partition coefficient (Wildman–Crippen LogP) is 6.24. The molecule has 0 aromatic heterocycles. The van der Waals surface area contributed by atoms with Crippen molar-refractivity contribution in [2.24, 2.45) is 17.8 Å². The van der Waals surface area contributed by atoms with E-state index >= 15 is 0 Å². The number of carbonyl (C=O) groups excluding carboxylic acids is 1. The Morgan fingerprint density at radius 3 is 2.66 bits per heavy atom. The van der Waals surface area contributed by atoms with Crippen LogP contribution in [0, 0.1) is 17.8 Å². The Labute approximate surface area is 196 Å². The van der Waals surface area contributed by atoms with Crippen molar-refractivity contribution in [3.63, 3.8) is 0 Å². The first-order valence-electron chi connectivity index (χ1n) is 12.8. The molecule has 2 aliphatic carbocycles. The fraction of sp³-hybridized carbons (Fsp3) is 0.885. The maximum Gasteiger partial charge on any atom is 0.305 e. The number of allylic oxidation sites excluding steroid dienone is 2. The van der Waals surface area contributed by atoms with Gasteiger partial charge in [0, 0.05) is 25.6 Å². The Hall–Kier alpha value is -0.693. The van der Waals surface area contributed by atoms with Crippen LogP contribution in [0.2, 0.25) is 18.1 Å². The Bertz CT molecular complexity index is 647. The summed E-state index contributed by atoms with van der Waals surface area (Å²) in [5, 5.41) is 0.215. The monoisotopic (exact) mass is 466 g/mol. The molecule has 0 aromatic rings. The molecular weight excluding hydrogens is 420 g/mol. The van der Waals surface area contributed by atoms with Gasteiger partial charge in [0.1, 0.15) is 0 Å². The highest BCUT2D eigenvalue weighted by Gasteiger charge is 2.48. The second-order valence-electron chi connectivity index (χ2n) is 11.6. The van der Waals surface area contributed by atoms with E-state index in [2.05, 4.69) is 39.9 Å². The minimum atomic E-state index is -1.80. The van der Waals surface area contributed by atoms with Gasteiger partial charge in [0.15, 0.2) is 14.6 Å². The summed E-state index contributed by atoms with van der Waals surface area (Å²) < 4.78 is 24.0. The fourth-order valence-electron chi connectivity index (χ4n) is 5.21. The van der Waals surface area contributed by atoms with Crippen molar-refractivity contribution in [3.05, 3.63) is 11.6 Å². The van der Waals surface area contributed by atoms with Crippen LogP contribution in [0.4, 0.5) is 0 Å². The third-order valence-electron chi connectivity index (χ3n) is 8.29.